The Hall–Kier alpha value is -0.610. The van der Waals surface area contributed by atoms with Crippen LogP contribution in [0.3, 0.4) is 0 Å². The summed E-state index contributed by atoms with van der Waals surface area (Å²) in [6.45, 7) is 5.39. The van der Waals surface area contributed by atoms with Gasteiger partial charge in [0.05, 0.1) is 6.54 Å². The highest BCUT2D eigenvalue weighted by atomic mass is 16.2. The van der Waals surface area contributed by atoms with Crippen LogP contribution in [0.2, 0.25) is 0 Å². The molecule has 1 heterocycles. The number of hydrogen-bond acceptors (Lipinski definition) is 3. The van der Waals surface area contributed by atoms with E-state index >= 15 is 0 Å². The summed E-state index contributed by atoms with van der Waals surface area (Å²) in [5.74, 6) is 0.341. The highest BCUT2D eigenvalue weighted by Gasteiger charge is 2.28. The van der Waals surface area contributed by atoms with Gasteiger partial charge in [0, 0.05) is 18.6 Å². The fraction of sp³-hybridized carbons (Fsp3) is 0.941. The lowest BCUT2D eigenvalue weighted by Gasteiger charge is -2.39. The topological polar surface area (TPSA) is 49.6 Å². The van der Waals surface area contributed by atoms with E-state index in [9.17, 15) is 4.79 Å². The van der Waals surface area contributed by atoms with E-state index < -0.39 is 0 Å². The van der Waals surface area contributed by atoms with Gasteiger partial charge in [-0.1, -0.05) is 25.7 Å². The maximum atomic E-state index is 12.7. The summed E-state index contributed by atoms with van der Waals surface area (Å²) in [4.78, 5) is 17.3. The van der Waals surface area contributed by atoms with Crippen LogP contribution in [0.25, 0.3) is 0 Å². The van der Waals surface area contributed by atoms with Gasteiger partial charge in [-0.05, 0) is 52.1 Å². The first kappa shape index (κ1) is 16.8. The van der Waals surface area contributed by atoms with E-state index in [4.69, 9.17) is 5.73 Å². The quantitative estimate of drug-likeness (QED) is 0.818. The average Bonchev–Trinajstić information content (AvgIpc) is 2.51. The molecule has 0 radical (unpaired) electrons. The van der Waals surface area contributed by atoms with Crippen molar-refractivity contribution in [3.63, 3.8) is 0 Å². The normalized spacial score (nSPS) is 25.0. The summed E-state index contributed by atoms with van der Waals surface area (Å²) >= 11 is 0. The Morgan fingerprint density at radius 3 is 2.52 bits per heavy atom. The van der Waals surface area contributed by atoms with Crippen LogP contribution in [0.15, 0.2) is 0 Å². The summed E-state index contributed by atoms with van der Waals surface area (Å²) in [6.07, 6.45) is 11.1. The minimum atomic E-state index is 0.341. The number of carbonyl (C=O) groups excluding carboxylic acids is 1. The van der Waals surface area contributed by atoms with Crippen LogP contribution in [0.1, 0.15) is 64.7 Å². The maximum absolute atomic E-state index is 12.7. The Balaban J connectivity index is 1.90. The fourth-order valence-electron chi connectivity index (χ4n) is 4.08. The number of amides is 1. The van der Waals surface area contributed by atoms with Crippen molar-refractivity contribution in [3.8, 4) is 0 Å². The Kier molecular flexibility index (Phi) is 6.97. The second-order valence-electron chi connectivity index (χ2n) is 6.67. The van der Waals surface area contributed by atoms with Crippen LogP contribution in [0, 0.1) is 0 Å². The molecule has 1 saturated carbocycles. The van der Waals surface area contributed by atoms with Gasteiger partial charge in [0.2, 0.25) is 5.91 Å². The van der Waals surface area contributed by atoms with Gasteiger partial charge in [0.1, 0.15) is 0 Å². The zero-order chi connectivity index (χ0) is 15.1. The minimum absolute atomic E-state index is 0.341. The average molecular weight is 295 g/mol. The lowest BCUT2D eigenvalue weighted by Crippen LogP contribution is -2.50. The van der Waals surface area contributed by atoms with Crippen LogP contribution >= 0.6 is 0 Å². The number of hydrogen-bond donors (Lipinski definition) is 1. The Morgan fingerprint density at radius 2 is 1.86 bits per heavy atom. The molecule has 0 bridgehead atoms. The van der Waals surface area contributed by atoms with E-state index in [1.165, 1.54) is 51.4 Å². The van der Waals surface area contributed by atoms with Crippen molar-refractivity contribution in [1.82, 2.24) is 9.80 Å². The molecule has 2 fully saturated rings. The SMILES string of the molecule is CCN(C(=O)CN1CCCCC1CCN)C1CCCCC1. The zero-order valence-corrected chi connectivity index (χ0v) is 13.7. The summed E-state index contributed by atoms with van der Waals surface area (Å²) in [5.41, 5.74) is 5.73. The summed E-state index contributed by atoms with van der Waals surface area (Å²) in [6, 6.07) is 1.02. The third-order valence-electron chi connectivity index (χ3n) is 5.26. The molecule has 0 aromatic carbocycles. The van der Waals surface area contributed by atoms with Gasteiger partial charge in [-0.3, -0.25) is 9.69 Å². The molecule has 1 aliphatic heterocycles. The van der Waals surface area contributed by atoms with Gasteiger partial charge in [-0.25, -0.2) is 0 Å². The molecule has 0 spiro atoms. The standard InChI is InChI=1S/C17H33N3O/c1-2-20(16-9-4-3-5-10-16)17(21)14-19-13-7-6-8-15(19)11-12-18/h15-16H,2-14,18H2,1H3. The van der Waals surface area contributed by atoms with Gasteiger partial charge >= 0.3 is 0 Å². The minimum Gasteiger partial charge on any atom is -0.339 e. The highest BCUT2D eigenvalue weighted by molar-refractivity contribution is 5.78. The number of piperidine rings is 1. The van der Waals surface area contributed by atoms with E-state index in [-0.39, 0.29) is 0 Å². The Bertz CT molecular complexity index is 313. The molecule has 0 aromatic heterocycles. The van der Waals surface area contributed by atoms with Gasteiger partial charge in [0.15, 0.2) is 0 Å². The summed E-state index contributed by atoms with van der Waals surface area (Å²) in [5, 5.41) is 0. The van der Waals surface area contributed by atoms with E-state index in [0.29, 0.717) is 24.5 Å². The van der Waals surface area contributed by atoms with Crippen molar-refractivity contribution < 1.29 is 4.79 Å². The van der Waals surface area contributed by atoms with Crippen LogP contribution in [-0.2, 0) is 4.79 Å². The second-order valence-corrected chi connectivity index (χ2v) is 6.67. The first-order valence-corrected chi connectivity index (χ1v) is 8.99. The molecule has 1 unspecified atom stereocenters. The number of likely N-dealkylation sites (N-methyl/N-ethyl adjacent to an activating group) is 1. The summed E-state index contributed by atoms with van der Waals surface area (Å²) < 4.78 is 0. The predicted molar refractivity (Wildman–Crippen MR) is 87.1 cm³/mol. The van der Waals surface area contributed by atoms with Crippen molar-refractivity contribution >= 4 is 5.91 Å². The number of nitrogens with zero attached hydrogens (tertiary/aromatic N) is 2. The first-order valence-electron chi connectivity index (χ1n) is 8.99. The molecule has 1 amide bonds. The molecule has 122 valence electrons. The van der Waals surface area contributed by atoms with Gasteiger partial charge in [0.25, 0.3) is 0 Å². The lowest BCUT2D eigenvalue weighted by molar-refractivity contribution is -0.136. The van der Waals surface area contributed by atoms with Gasteiger partial charge in [-0.15, -0.1) is 0 Å². The molecule has 2 rings (SSSR count). The van der Waals surface area contributed by atoms with Crippen LogP contribution in [-0.4, -0.2) is 54.0 Å². The smallest absolute Gasteiger partial charge is 0.236 e. The summed E-state index contributed by atoms with van der Waals surface area (Å²) in [7, 11) is 0. The molecule has 2 aliphatic rings. The molecule has 0 aromatic rings. The van der Waals surface area contributed by atoms with E-state index in [1.54, 1.807) is 0 Å². The second kappa shape index (κ2) is 8.74. The third-order valence-corrected chi connectivity index (χ3v) is 5.26. The number of likely N-dealkylation sites (tertiary alicyclic amines) is 1. The van der Waals surface area contributed by atoms with Crippen molar-refractivity contribution in [2.24, 2.45) is 5.73 Å². The third kappa shape index (κ3) is 4.68. The van der Waals surface area contributed by atoms with Crippen molar-refractivity contribution in [1.29, 1.82) is 0 Å². The largest absolute Gasteiger partial charge is 0.339 e. The first-order chi connectivity index (χ1) is 10.3. The predicted octanol–water partition coefficient (Wildman–Crippen LogP) is 2.37. The van der Waals surface area contributed by atoms with Crippen molar-refractivity contribution in [2.45, 2.75) is 76.8 Å². The molecule has 1 aliphatic carbocycles. The van der Waals surface area contributed by atoms with Crippen LogP contribution in [0.5, 0.6) is 0 Å². The molecule has 1 atom stereocenters. The molecule has 21 heavy (non-hydrogen) atoms. The van der Waals surface area contributed by atoms with E-state index in [2.05, 4.69) is 16.7 Å². The van der Waals surface area contributed by atoms with Gasteiger partial charge in [-0.2, -0.15) is 0 Å². The molecule has 4 nitrogen and oxygen atoms in total. The maximum Gasteiger partial charge on any atom is 0.236 e. The molecule has 1 saturated heterocycles. The number of rotatable bonds is 6. The van der Waals surface area contributed by atoms with E-state index in [0.717, 1.165) is 26.1 Å². The molecular weight excluding hydrogens is 262 g/mol. The molecule has 2 N–H and O–H groups in total. The van der Waals surface area contributed by atoms with Crippen LogP contribution in [0.4, 0.5) is 0 Å². The Morgan fingerprint density at radius 1 is 1.14 bits per heavy atom. The number of carbonyl (C=O) groups is 1. The number of nitrogens with two attached hydrogens (primary N) is 1. The van der Waals surface area contributed by atoms with Gasteiger partial charge < -0.3 is 10.6 Å². The monoisotopic (exact) mass is 295 g/mol. The van der Waals surface area contributed by atoms with Crippen molar-refractivity contribution in [2.75, 3.05) is 26.2 Å². The highest BCUT2D eigenvalue weighted by Crippen LogP contribution is 2.24. The van der Waals surface area contributed by atoms with E-state index in [1.807, 2.05) is 0 Å². The van der Waals surface area contributed by atoms with Crippen molar-refractivity contribution in [3.05, 3.63) is 0 Å². The Labute approximate surface area is 130 Å². The lowest BCUT2D eigenvalue weighted by atomic mass is 9.94. The fourth-order valence-corrected chi connectivity index (χ4v) is 4.08. The van der Waals surface area contributed by atoms with Crippen LogP contribution < -0.4 is 5.73 Å². The molecule has 4 heteroatoms. The molecular formula is C17H33N3O. The zero-order valence-electron chi connectivity index (χ0n) is 13.7.